The van der Waals surface area contributed by atoms with Gasteiger partial charge in [-0.15, -0.1) is 0 Å². The average Bonchev–Trinajstić information content (AvgIpc) is 3.43. The van der Waals surface area contributed by atoms with Gasteiger partial charge in [-0.25, -0.2) is 0 Å². The third-order valence-electron chi connectivity index (χ3n) is 12.9. The Hall–Kier alpha value is -4.46. The van der Waals surface area contributed by atoms with E-state index in [0.717, 1.165) is 96.3 Å². The van der Waals surface area contributed by atoms with Gasteiger partial charge in [0, 0.05) is 6.42 Å². The molecule has 0 aromatic carbocycles. The molecule has 0 aliphatic carbocycles. The first-order chi connectivity index (χ1) is 37.7. The van der Waals surface area contributed by atoms with Crippen LogP contribution in [0.3, 0.4) is 0 Å². The molecule has 1 aliphatic rings. The minimum atomic E-state index is -1.65. The number of carbonyl (C=O) groups excluding carboxylic acids is 2. The van der Waals surface area contributed by atoms with Crippen LogP contribution in [0.2, 0.25) is 0 Å². The van der Waals surface area contributed by atoms with Crippen molar-refractivity contribution in [2.45, 2.75) is 243 Å². The molecule has 11 heteroatoms. The Morgan fingerprint density at radius 1 is 0.532 bits per heavy atom. The molecule has 1 fully saturated rings. The van der Waals surface area contributed by atoms with E-state index in [9.17, 15) is 35.1 Å². The smallest absolute Gasteiger partial charge is 0.306 e. The SMILES string of the molecule is CC/C=C\C/C=C\C/C=C\C/C=C\C/C=C\C/C=C\CCCCCCC(=O)OC1C(OCC(NC(=O)C(O)CC/C=C/C=C\C=C/C=C/C=C/CC)C(O)/C=C/CCCCCCCCCCCCC)OC(CO)C(O)C1O. The molecule has 0 radical (unpaired) electrons. The number of rotatable bonds is 47. The summed E-state index contributed by atoms with van der Waals surface area (Å²) >= 11 is 0. The van der Waals surface area contributed by atoms with E-state index in [1.54, 1.807) is 6.08 Å². The summed E-state index contributed by atoms with van der Waals surface area (Å²) < 4.78 is 17.5. The number of carbonyl (C=O) groups is 2. The van der Waals surface area contributed by atoms with Crippen molar-refractivity contribution in [2.24, 2.45) is 0 Å². The van der Waals surface area contributed by atoms with E-state index in [1.807, 2.05) is 60.8 Å². The fraction of sp³-hybridized carbons (Fsp3) is 0.606. The summed E-state index contributed by atoms with van der Waals surface area (Å²) in [5.74, 6) is -1.31. The van der Waals surface area contributed by atoms with Gasteiger partial charge in [-0.2, -0.15) is 0 Å². The summed E-state index contributed by atoms with van der Waals surface area (Å²) in [6.45, 7) is 5.44. The molecule has 8 unspecified atom stereocenters. The summed E-state index contributed by atoms with van der Waals surface area (Å²) in [5.41, 5.74) is 0. The summed E-state index contributed by atoms with van der Waals surface area (Å²) in [4.78, 5) is 26.5. The zero-order valence-electron chi connectivity index (χ0n) is 47.8. The first-order valence-corrected chi connectivity index (χ1v) is 29.7. The number of allylic oxidation sites excluding steroid dienone is 23. The average molecular weight is 1070 g/mol. The number of aliphatic hydroxyl groups excluding tert-OH is 5. The highest BCUT2D eigenvalue weighted by Crippen LogP contribution is 2.26. The van der Waals surface area contributed by atoms with Crippen LogP contribution < -0.4 is 5.32 Å². The maximum Gasteiger partial charge on any atom is 0.306 e. The molecule has 1 saturated heterocycles. The highest BCUT2D eigenvalue weighted by molar-refractivity contribution is 5.80. The van der Waals surface area contributed by atoms with Gasteiger partial charge in [0.25, 0.3) is 0 Å². The van der Waals surface area contributed by atoms with Crippen LogP contribution in [0.25, 0.3) is 0 Å². The molecular formula is C66H105NO10. The maximum absolute atomic E-state index is 13.3. The van der Waals surface area contributed by atoms with Gasteiger partial charge in [0.1, 0.15) is 24.4 Å². The predicted octanol–water partition coefficient (Wildman–Crippen LogP) is 13.8. The molecule has 1 aliphatic heterocycles. The van der Waals surface area contributed by atoms with Crippen LogP contribution in [0, 0.1) is 0 Å². The molecule has 1 rings (SSSR count). The van der Waals surface area contributed by atoms with Gasteiger partial charge in [0.15, 0.2) is 12.4 Å². The summed E-state index contributed by atoms with van der Waals surface area (Å²) in [7, 11) is 0. The maximum atomic E-state index is 13.3. The van der Waals surface area contributed by atoms with Crippen LogP contribution in [-0.2, 0) is 23.8 Å². The van der Waals surface area contributed by atoms with Crippen molar-refractivity contribution in [2.75, 3.05) is 13.2 Å². The second-order valence-electron chi connectivity index (χ2n) is 19.7. The lowest BCUT2D eigenvalue weighted by molar-refractivity contribution is -0.305. The van der Waals surface area contributed by atoms with Gasteiger partial charge in [0.05, 0.1) is 25.4 Å². The fourth-order valence-electron chi connectivity index (χ4n) is 8.21. The van der Waals surface area contributed by atoms with E-state index in [0.29, 0.717) is 12.8 Å². The topological polar surface area (TPSA) is 175 Å². The van der Waals surface area contributed by atoms with Crippen molar-refractivity contribution in [1.82, 2.24) is 5.32 Å². The standard InChI is InChI=1S/C66H105NO10/c1-4-7-10-13-16-19-22-25-26-27-28-29-30-31-32-33-34-36-39-42-45-48-51-54-61(71)77-64-63(73)62(72)60(55-68)76-66(64)75-56-57(58(69)52-49-46-43-40-38-35-23-20-17-14-11-8-5-2)67-65(74)59(70)53-50-47-44-41-37-24-21-18-15-12-9-6-3/h7,9-10,12,15-16,18-19,21,24-26,28-29,31-32,34,36-37,41,44,47,49,52,57-60,62-64,66,68-70,72-73H,4-6,8,11,13-14,17,20,22-23,27,30,33,35,38-40,42-43,45-46,48,50-51,53-56H2,1-3H3,(H,67,74)/b10-7-,12-9+,18-15+,19-16-,24-21-,26-25-,29-28-,32-31-,36-34-,41-37-,47-44+,52-49+. The van der Waals surface area contributed by atoms with Gasteiger partial charge in [-0.3, -0.25) is 9.59 Å². The minimum Gasteiger partial charge on any atom is -0.454 e. The van der Waals surface area contributed by atoms with Gasteiger partial charge in [-0.1, -0.05) is 244 Å². The Kier molecular flexibility index (Phi) is 47.9. The lowest BCUT2D eigenvalue weighted by atomic mass is 9.99. The van der Waals surface area contributed by atoms with E-state index in [4.69, 9.17) is 14.2 Å². The minimum absolute atomic E-state index is 0.0753. The molecular weight excluding hydrogens is 967 g/mol. The Morgan fingerprint density at radius 3 is 1.53 bits per heavy atom. The summed E-state index contributed by atoms with van der Waals surface area (Å²) in [5, 5.41) is 56.7. The number of hydrogen-bond acceptors (Lipinski definition) is 10. The molecule has 77 heavy (non-hydrogen) atoms. The second-order valence-corrected chi connectivity index (χ2v) is 19.7. The van der Waals surface area contributed by atoms with Crippen LogP contribution in [0.1, 0.15) is 194 Å². The van der Waals surface area contributed by atoms with E-state index >= 15 is 0 Å². The van der Waals surface area contributed by atoms with Gasteiger partial charge < -0.3 is 45.1 Å². The molecule has 1 amide bonds. The summed E-state index contributed by atoms with van der Waals surface area (Å²) in [6.07, 6.45) is 64.7. The number of hydrogen-bond donors (Lipinski definition) is 6. The van der Waals surface area contributed by atoms with E-state index < -0.39 is 67.4 Å². The number of esters is 1. The van der Waals surface area contributed by atoms with Crippen LogP contribution in [0.15, 0.2) is 146 Å². The number of unbranched alkanes of at least 4 members (excludes halogenated alkanes) is 15. The van der Waals surface area contributed by atoms with Gasteiger partial charge in [0.2, 0.25) is 5.91 Å². The second kappa shape index (κ2) is 52.3. The zero-order valence-corrected chi connectivity index (χ0v) is 47.8. The van der Waals surface area contributed by atoms with Crippen LogP contribution in [0.4, 0.5) is 0 Å². The Labute approximate surface area is 466 Å². The number of nitrogens with one attached hydrogen (secondary N) is 1. The number of amides is 1. The van der Waals surface area contributed by atoms with Crippen LogP contribution in [0.5, 0.6) is 0 Å². The van der Waals surface area contributed by atoms with Crippen molar-refractivity contribution in [1.29, 1.82) is 0 Å². The van der Waals surface area contributed by atoms with E-state index in [1.165, 1.54) is 51.4 Å². The third-order valence-corrected chi connectivity index (χ3v) is 12.9. The van der Waals surface area contributed by atoms with Crippen molar-refractivity contribution >= 4 is 11.9 Å². The lowest BCUT2D eigenvalue weighted by Gasteiger charge is -2.41. The van der Waals surface area contributed by atoms with E-state index in [-0.39, 0.29) is 19.4 Å². The monoisotopic (exact) mass is 1070 g/mol. The third kappa shape index (κ3) is 40.4. The van der Waals surface area contributed by atoms with Gasteiger partial charge >= 0.3 is 5.97 Å². The summed E-state index contributed by atoms with van der Waals surface area (Å²) in [6, 6.07) is -1.08. The fourth-order valence-corrected chi connectivity index (χ4v) is 8.21. The van der Waals surface area contributed by atoms with Crippen molar-refractivity contribution < 1.29 is 49.3 Å². The first-order valence-electron chi connectivity index (χ1n) is 29.7. The number of ether oxygens (including phenoxy) is 3. The quantitative estimate of drug-likeness (QED) is 0.0149. The molecule has 0 saturated carbocycles. The van der Waals surface area contributed by atoms with Crippen molar-refractivity contribution in [3.05, 3.63) is 146 Å². The molecule has 0 bridgehead atoms. The largest absolute Gasteiger partial charge is 0.454 e. The molecule has 0 spiro atoms. The molecule has 6 N–H and O–H groups in total. The highest BCUT2D eigenvalue weighted by atomic mass is 16.7. The van der Waals surface area contributed by atoms with Gasteiger partial charge in [-0.05, 0) is 89.9 Å². The van der Waals surface area contributed by atoms with Crippen molar-refractivity contribution in [3.63, 3.8) is 0 Å². The zero-order chi connectivity index (χ0) is 56.1. The molecule has 434 valence electrons. The number of aliphatic hydroxyl groups is 5. The molecule has 8 atom stereocenters. The molecule has 11 nitrogen and oxygen atoms in total. The molecule has 1 heterocycles. The molecule has 0 aromatic rings. The van der Waals surface area contributed by atoms with E-state index in [2.05, 4.69) is 105 Å². The Morgan fingerprint density at radius 2 is 1.00 bits per heavy atom. The van der Waals surface area contributed by atoms with Crippen LogP contribution >= 0.6 is 0 Å². The highest BCUT2D eigenvalue weighted by Gasteiger charge is 2.47. The van der Waals surface area contributed by atoms with Crippen molar-refractivity contribution in [3.8, 4) is 0 Å². The predicted molar refractivity (Wildman–Crippen MR) is 319 cm³/mol. The molecule has 0 aromatic heterocycles. The normalized spacial score (nSPS) is 20.1. The van der Waals surface area contributed by atoms with Crippen LogP contribution in [-0.4, -0.2) is 99.6 Å². The first kappa shape index (κ1) is 70.6. The Bertz CT molecular complexity index is 1800. The Balaban J connectivity index is 2.74. The lowest BCUT2D eigenvalue weighted by Crippen LogP contribution is -2.61.